The number of hydrogen-bond acceptors (Lipinski definition) is 4. The van der Waals surface area contributed by atoms with Crippen molar-refractivity contribution in [1.29, 1.82) is 0 Å². The number of methoxy groups -OCH3 is 1. The zero-order chi connectivity index (χ0) is 16.7. The highest BCUT2D eigenvalue weighted by Crippen LogP contribution is 2.13. The minimum absolute atomic E-state index is 0.145. The summed E-state index contributed by atoms with van der Waals surface area (Å²) >= 11 is 0. The van der Waals surface area contributed by atoms with Crippen molar-refractivity contribution in [3.8, 4) is 0 Å². The quantitative estimate of drug-likeness (QED) is 0.807. The van der Waals surface area contributed by atoms with E-state index in [0.29, 0.717) is 0 Å². The molecular formula is C17H25N3O3. The van der Waals surface area contributed by atoms with Crippen molar-refractivity contribution >= 4 is 12.0 Å². The molecule has 1 aliphatic heterocycles. The summed E-state index contributed by atoms with van der Waals surface area (Å²) in [6, 6.07) is 9.58. The first kappa shape index (κ1) is 17.3. The number of hydrogen-bond donors (Lipinski definition) is 2. The third-order valence-corrected chi connectivity index (χ3v) is 4.07. The van der Waals surface area contributed by atoms with Crippen LogP contribution in [-0.2, 0) is 16.1 Å². The molecule has 6 heteroatoms. The Hall–Kier alpha value is -2.08. The van der Waals surface area contributed by atoms with Gasteiger partial charge in [-0.15, -0.1) is 0 Å². The van der Waals surface area contributed by atoms with E-state index in [1.807, 2.05) is 6.07 Å². The summed E-state index contributed by atoms with van der Waals surface area (Å²) in [5.74, 6) is -0.446. The summed E-state index contributed by atoms with van der Waals surface area (Å²) in [7, 11) is 1.31. The monoisotopic (exact) mass is 319 g/mol. The number of esters is 1. The van der Waals surface area contributed by atoms with Crippen LogP contribution in [0.25, 0.3) is 0 Å². The van der Waals surface area contributed by atoms with E-state index < -0.39 is 12.0 Å². The fourth-order valence-corrected chi connectivity index (χ4v) is 2.74. The van der Waals surface area contributed by atoms with Crippen LogP contribution in [0.15, 0.2) is 30.3 Å². The van der Waals surface area contributed by atoms with Gasteiger partial charge in [0.25, 0.3) is 0 Å². The zero-order valence-electron chi connectivity index (χ0n) is 13.7. The maximum absolute atomic E-state index is 11.9. The number of likely N-dealkylation sites (tertiary alicyclic amines) is 1. The second kappa shape index (κ2) is 8.53. The molecule has 1 aromatic carbocycles. The smallest absolute Gasteiger partial charge is 0.328 e. The number of nitrogens with zero attached hydrogens (tertiary/aromatic N) is 1. The predicted molar refractivity (Wildman–Crippen MR) is 87.9 cm³/mol. The Morgan fingerprint density at radius 2 is 1.91 bits per heavy atom. The summed E-state index contributed by atoms with van der Waals surface area (Å²) in [5, 5.41) is 5.52. The Balaban J connectivity index is 1.70. The number of carbonyl (C=O) groups is 2. The molecule has 0 spiro atoms. The van der Waals surface area contributed by atoms with Crippen LogP contribution in [0.3, 0.4) is 0 Å². The van der Waals surface area contributed by atoms with Crippen molar-refractivity contribution in [3.63, 3.8) is 0 Å². The molecule has 1 heterocycles. The van der Waals surface area contributed by atoms with E-state index in [-0.39, 0.29) is 12.1 Å². The first-order valence-electron chi connectivity index (χ1n) is 7.99. The second-order valence-electron chi connectivity index (χ2n) is 5.90. The van der Waals surface area contributed by atoms with Crippen LogP contribution in [0.2, 0.25) is 0 Å². The first-order valence-corrected chi connectivity index (χ1v) is 7.99. The highest BCUT2D eigenvalue weighted by molar-refractivity contribution is 5.83. The lowest BCUT2D eigenvalue weighted by atomic mass is 10.0. The molecule has 0 unspecified atom stereocenters. The van der Waals surface area contributed by atoms with Gasteiger partial charge in [0.1, 0.15) is 6.04 Å². The van der Waals surface area contributed by atoms with Crippen LogP contribution < -0.4 is 10.6 Å². The Bertz CT molecular complexity index is 513. The normalized spacial score (nSPS) is 17.3. The van der Waals surface area contributed by atoms with E-state index in [1.54, 1.807) is 6.92 Å². The Morgan fingerprint density at radius 1 is 1.26 bits per heavy atom. The summed E-state index contributed by atoms with van der Waals surface area (Å²) in [6.45, 7) is 4.45. The van der Waals surface area contributed by atoms with Gasteiger partial charge in [-0.2, -0.15) is 0 Å². The third-order valence-electron chi connectivity index (χ3n) is 4.07. The number of benzene rings is 1. The molecule has 1 saturated heterocycles. The van der Waals surface area contributed by atoms with E-state index in [4.69, 9.17) is 0 Å². The minimum Gasteiger partial charge on any atom is -0.467 e. The van der Waals surface area contributed by atoms with Gasteiger partial charge in [0.05, 0.1) is 7.11 Å². The van der Waals surface area contributed by atoms with Crippen molar-refractivity contribution in [2.45, 2.75) is 38.4 Å². The van der Waals surface area contributed by atoms with Crippen LogP contribution in [0.1, 0.15) is 25.3 Å². The fraction of sp³-hybridized carbons (Fsp3) is 0.529. The molecule has 126 valence electrons. The maximum atomic E-state index is 11.9. The molecule has 1 atom stereocenters. The molecule has 2 rings (SSSR count). The molecule has 6 nitrogen and oxygen atoms in total. The average Bonchev–Trinajstić information content (AvgIpc) is 2.56. The highest BCUT2D eigenvalue weighted by atomic mass is 16.5. The van der Waals surface area contributed by atoms with Gasteiger partial charge in [0.15, 0.2) is 0 Å². The number of rotatable bonds is 5. The molecule has 2 amide bonds. The van der Waals surface area contributed by atoms with Gasteiger partial charge < -0.3 is 15.4 Å². The van der Waals surface area contributed by atoms with E-state index in [9.17, 15) is 9.59 Å². The molecule has 0 aliphatic carbocycles. The lowest BCUT2D eigenvalue weighted by Crippen LogP contribution is -2.51. The number of ether oxygens (including phenoxy) is 1. The molecule has 23 heavy (non-hydrogen) atoms. The van der Waals surface area contributed by atoms with Gasteiger partial charge in [-0.25, -0.2) is 9.59 Å². The summed E-state index contributed by atoms with van der Waals surface area (Å²) in [6.07, 6.45) is 1.82. The van der Waals surface area contributed by atoms with Gasteiger partial charge in [-0.3, -0.25) is 4.90 Å². The first-order chi connectivity index (χ1) is 11.1. The van der Waals surface area contributed by atoms with Crippen LogP contribution in [0, 0.1) is 0 Å². The van der Waals surface area contributed by atoms with Gasteiger partial charge in [0.2, 0.25) is 0 Å². The number of carbonyl (C=O) groups excluding carboxylic acids is 2. The van der Waals surface area contributed by atoms with Crippen LogP contribution >= 0.6 is 0 Å². The summed E-state index contributed by atoms with van der Waals surface area (Å²) in [4.78, 5) is 25.5. The highest BCUT2D eigenvalue weighted by Gasteiger charge is 2.22. The molecule has 1 fully saturated rings. The lowest BCUT2D eigenvalue weighted by molar-refractivity contribution is -0.142. The SMILES string of the molecule is COC(=O)[C@@H](C)NC(=O)NC1CCN(Cc2ccccc2)CC1. The van der Waals surface area contributed by atoms with Crippen molar-refractivity contribution in [2.75, 3.05) is 20.2 Å². The van der Waals surface area contributed by atoms with Gasteiger partial charge >= 0.3 is 12.0 Å². The van der Waals surface area contributed by atoms with Crippen LogP contribution in [-0.4, -0.2) is 49.2 Å². The molecule has 2 N–H and O–H groups in total. The van der Waals surface area contributed by atoms with Crippen molar-refractivity contribution in [1.82, 2.24) is 15.5 Å². The van der Waals surface area contributed by atoms with Crippen molar-refractivity contribution in [3.05, 3.63) is 35.9 Å². The molecular weight excluding hydrogens is 294 g/mol. The van der Waals surface area contributed by atoms with Gasteiger partial charge in [-0.1, -0.05) is 30.3 Å². The second-order valence-corrected chi connectivity index (χ2v) is 5.90. The molecule has 0 radical (unpaired) electrons. The summed E-state index contributed by atoms with van der Waals surface area (Å²) in [5.41, 5.74) is 1.31. The Kier molecular flexibility index (Phi) is 6.40. The van der Waals surface area contributed by atoms with Crippen molar-refractivity contribution < 1.29 is 14.3 Å². The van der Waals surface area contributed by atoms with Crippen LogP contribution in [0.5, 0.6) is 0 Å². The fourth-order valence-electron chi connectivity index (χ4n) is 2.74. The number of amides is 2. The van der Waals surface area contributed by atoms with E-state index in [0.717, 1.165) is 32.5 Å². The number of nitrogens with one attached hydrogen (secondary N) is 2. The van der Waals surface area contributed by atoms with Crippen LogP contribution in [0.4, 0.5) is 4.79 Å². The van der Waals surface area contributed by atoms with E-state index in [1.165, 1.54) is 12.7 Å². The van der Waals surface area contributed by atoms with Crippen molar-refractivity contribution in [2.24, 2.45) is 0 Å². The maximum Gasteiger partial charge on any atom is 0.328 e. The minimum atomic E-state index is -0.641. The number of urea groups is 1. The summed E-state index contributed by atoms with van der Waals surface area (Å²) < 4.78 is 4.59. The molecule has 1 aliphatic rings. The molecule has 0 bridgehead atoms. The molecule has 0 saturated carbocycles. The Labute approximate surface area is 137 Å². The van der Waals surface area contributed by atoms with E-state index >= 15 is 0 Å². The molecule has 0 aromatic heterocycles. The lowest BCUT2D eigenvalue weighted by Gasteiger charge is -2.32. The van der Waals surface area contributed by atoms with Gasteiger partial charge in [-0.05, 0) is 25.3 Å². The third kappa shape index (κ3) is 5.56. The largest absolute Gasteiger partial charge is 0.467 e. The van der Waals surface area contributed by atoms with Gasteiger partial charge in [0, 0.05) is 25.7 Å². The molecule has 1 aromatic rings. The number of piperidine rings is 1. The average molecular weight is 319 g/mol. The Morgan fingerprint density at radius 3 is 2.52 bits per heavy atom. The predicted octanol–water partition coefficient (Wildman–Crippen LogP) is 1.51. The topological polar surface area (TPSA) is 70.7 Å². The van der Waals surface area contributed by atoms with E-state index in [2.05, 4.69) is 44.5 Å². The standard InChI is InChI=1S/C17H25N3O3/c1-13(16(21)23-2)18-17(22)19-15-8-10-20(11-9-15)12-14-6-4-3-5-7-14/h3-7,13,15H,8-12H2,1-2H3,(H2,18,19,22)/t13-/m1/s1. The zero-order valence-corrected chi connectivity index (χ0v) is 13.7.